The van der Waals surface area contributed by atoms with Gasteiger partial charge in [0.15, 0.2) is 0 Å². The molecule has 1 heterocycles. The van der Waals surface area contributed by atoms with Gasteiger partial charge in [0.05, 0.1) is 22.4 Å². The zero-order valence-electron chi connectivity index (χ0n) is 13.5. The number of rotatable bonds is 4. The molecule has 2 rings (SSSR count). The van der Waals surface area contributed by atoms with Gasteiger partial charge in [-0.1, -0.05) is 13.8 Å². The molecule has 0 aliphatic carbocycles. The van der Waals surface area contributed by atoms with Crippen molar-refractivity contribution in [1.29, 1.82) is 0 Å². The predicted molar refractivity (Wildman–Crippen MR) is 87.4 cm³/mol. The number of amides is 2. The van der Waals surface area contributed by atoms with Crippen LogP contribution < -0.4 is 10.6 Å². The summed E-state index contributed by atoms with van der Waals surface area (Å²) >= 11 is 0. The average molecular weight is 316 g/mol. The second kappa shape index (κ2) is 6.60. The molecule has 0 saturated carbocycles. The fourth-order valence-corrected chi connectivity index (χ4v) is 2.13. The van der Waals surface area contributed by atoms with Crippen molar-refractivity contribution in [2.75, 3.05) is 5.32 Å². The number of hydrogen-bond donors (Lipinski definition) is 3. The van der Waals surface area contributed by atoms with Crippen molar-refractivity contribution in [2.45, 2.75) is 33.7 Å². The summed E-state index contributed by atoms with van der Waals surface area (Å²) in [5, 5.41) is 14.2. The van der Waals surface area contributed by atoms with Crippen LogP contribution in [0.15, 0.2) is 18.2 Å². The van der Waals surface area contributed by atoms with Gasteiger partial charge in [-0.15, -0.1) is 0 Å². The van der Waals surface area contributed by atoms with E-state index in [1.807, 2.05) is 13.8 Å². The number of aromatic nitrogens is 2. The Kier molecular flexibility index (Phi) is 4.78. The van der Waals surface area contributed by atoms with Crippen LogP contribution >= 0.6 is 0 Å². The number of aliphatic carboxylic acids is 1. The van der Waals surface area contributed by atoms with E-state index in [-0.39, 0.29) is 5.92 Å². The molecule has 0 fully saturated rings. The van der Waals surface area contributed by atoms with E-state index in [4.69, 9.17) is 5.11 Å². The maximum absolute atomic E-state index is 12.0. The number of fused-ring (bicyclic) bond motifs is 1. The Hall–Kier alpha value is -2.70. The summed E-state index contributed by atoms with van der Waals surface area (Å²) in [6.07, 6.45) is 0. The van der Waals surface area contributed by atoms with Crippen LogP contribution in [-0.2, 0) is 4.79 Å². The van der Waals surface area contributed by atoms with E-state index in [0.717, 1.165) is 16.9 Å². The highest BCUT2D eigenvalue weighted by atomic mass is 16.4. The molecule has 122 valence electrons. The maximum Gasteiger partial charge on any atom is 0.326 e. The fourth-order valence-electron chi connectivity index (χ4n) is 2.13. The van der Waals surface area contributed by atoms with Crippen LogP contribution in [0.5, 0.6) is 0 Å². The van der Waals surface area contributed by atoms with Gasteiger partial charge < -0.3 is 15.7 Å². The molecule has 0 bridgehead atoms. The quantitative estimate of drug-likeness (QED) is 0.804. The second-order valence-corrected chi connectivity index (χ2v) is 5.76. The first-order chi connectivity index (χ1) is 10.8. The summed E-state index contributed by atoms with van der Waals surface area (Å²) in [5.41, 5.74) is 3.62. The first kappa shape index (κ1) is 16.7. The number of nitrogens with one attached hydrogen (secondary N) is 2. The lowest BCUT2D eigenvalue weighted by atomic mass is 10.1. The Bertz CT molecular complexity index is 758. The molecular formula is C16H20N4O3. The molecular weight excluding hydrogens is 296 g/mol. The molecule has 0 saturated heterocycles. The molecule has 1 aromatic carbocycles. The van der Waals surface area contributed by atoms with Crippen molar-refractivity contribution in [3.05, 3.63) is 29.6 Å². The Balaban J connectivity index is 2.16. The van der Waals surface area contributed by atoms with Crippen molar-refractivity contribution >= 4 is 28.7 Å². The van der Waals surface area contributed by atoms with Crippen molar-refractivity contribution in [1.82, 2.24) is 15.3 Å². The number of aryl methyl sites for hydroxylation is 2. The molecule has 0 radical (unpaired) electrons. The lowest BCUT2D eigenvalue weighted by molar-refractivity contribution is -0.140. The molecule has 7 nitrogen and oxygen atoms in total. The number of carboxylic acids is 1. The topological polar surface area (TPSA) is 104 Å². The summed E-state index contributed by atoms with van der Waals surface area (Å²) in [5.74, 6) is -1.28. The number of urea groups is 1. The van der Waals surface area contributed by atoms with E-state index in [2.05, 4.69) is 20.6 Å². The Morgan fingerprint density at radius 1 is 1.09 bits per heavy atom. The van der Waals surface area contributed by atoms with Crippen molar-refractivity contribution in [3.8, 4) is 0 Å². The van der Waals surface area contributed by atoms with Gasteiger partial charge in [-0.3, -0.25) is 0 Å². The van der Waals surface area contributed by atoms with Crippen LogP contribution in [0.25, 0.3) is 11.0 Å². The molecule has 23 heavy (non-hydrogen) atoms. The van der Waals surface area contributed by atoms with Gasteiger partial charge in [0.1, 0.15) is 6.04 Å². The van der Waals surface area contributed by atoms with E-state index in [0.29, 0.717) is 11.2 Å². The molecule has 2 amide bonds. The van der Waals surface area contributed by atoms with E-state index in [9.17, 15) is 9.59 Å². The van der Waals surface area contributed by atoms with Crippen LogP contribution in [0.3, 0.4) is 0 Å². The van der Waals surface area contributed by atoms with E-state index >= 15 is 0 Å². The zero-order valence-corrected chi connectivity index (χ0v) is 13.5. The Labute approximate surface area is 134 Å². The van der Waals surface area contributed by atoms with Crippen LogP contribution in [0, 0.1) is 19.8 Å². The largest absolute Gasteiger partial charge is 0.480 e. The SMILES string of the molecule is Cc1nc2ccc(NC(=O)NC(C(=O)O)C(C)C)cc2nc1C. The van der Waals surface area contributed by atoms with Crippen LogP contribution in [0.2, 0.25) is 0 Å². The Morgan fingerprint density at radius 3 is 2.26 bits per heavy atom. The summed E-state index contributed by atoms with van der Waals surface area (Å²) in [6, 6.07) is 3.67. The highest BCUT2D eigenvalue weighted by Crippen LogP contribution is 2.17. The van der Waals surface area contributed by atoms with Crippen LogP contribution in [-0.4, -0.2) is 33.1 Å². The van der Waals surface area contributed by atoms with Gasteiger partial charge in [0.25, 0.3) is 0 Å². The molecule has 3 N–H and O–H groups in total. The van der Waals surface area contributed by atoms with Gasteiger partial charge in [-0.25, -0.2) is 19.6 Å². The van der Waals surface area contributed by atoms with Crippen molar-refractivity contribution in [2.24, 2.45) is 5.92 Å². The van der Waals surface area contributed by atoms with Gasteiger partial charge in [0.2, 0.25) is 0 Å². The van der Waals surface area contributed by atoms with E-state index < -0.39 is 18.0 Å². The van der Waals surface area contributed by atoms with Gasteiger partial charge in [0, 0.05) is 5.69 Å². The molecule has 7 heteroatoms. The van der Waals surface area contributed by atoms with Gasteiger partial charge in [-0.05, 0) is 38.0 Å². The molecule has 0 spiro atoms. The minimum atomic E-state index is -1.06. The smallest absolute Gasteiger partial charge is 0.326 e. The molecule has 2 aromatic rings. The number of benzene rings is 1. The first-order valence-electron chi connectivity index (χ1n) is 7.33. The van der Waals surface area contributed by atoms with Crippen molar-refractivity contribution < 1.29 is 14.7 Å². The second-order valence-electron chi connectivity index (χ2n) is 5.76. The number of hydrogen-bond acceptors (Lipinski definition) is 4. The third kappa shape index (κ3) is 3.94. The van der Waals surface area contributed by atoms with E-state index in [1.165, 1.54) is 0 Å². The molecule has 1 aromatic heterocycles. The summed E-state index contributed by atoms with van der Waals surface area (Å²) in [6.45, 7) is 7.22. The van der Waals surface area contributed by atoms with Crippen LogP contribution in [0.4, 0.5) is 10.5 Å². The number of anilines is 1. The average Bonchev–Trinajstić information content (AvgIpc) is 2.45. The molecule has 0 aliphatic rings. The standard InChI is InChI=1S/C16H20N4O3/c1-8(2)14(15(21)22)20-16(23)19-11-5-6-12-13(7-11)18-10(4)9(3)17-12/h5-8,14H,1-4H3,(H,21,22)(H2,19,20,23). The summed E-state index contributed by atoms with van der Waals surface area (Å²) in [7, 11) is 0. The lowest BCUT2D eigenvalue weighted by Gasteiger charge is -2.18. The molecule has 1 atom stereocenters. The Morgan fingerprint density at radius 2 is 1.70 bits per heavy atom. The zero-order chi connectivity index (χ0) is 17.1. The van der Waals surface area contributed by atoms with Gasteiger partial charge in [-0.2, -0.15) is 0 Å². The summed E-state index contributed by atoms with van der Waals surface area (Å²) < 4.78 is 0. The highest BCUT2D eigenvalue weighted by Gasteiger charge is 2.23. The maximum atomic E-state index is 12.0. The minimum absolute atomic E-state index is 0.216. The van der Waals surface area contributed by atoms with Crippen LogP contribution in [0.1, 0.15) is 25.2 Å². The predicted octanol–water partition coefficient (Wildman–Crippen LogP) is 2.48. The number of carboxylic acid groups (broad SMARTS) is 1. The first-order valence-corrected chi connectivity index (χ1v) is 7.33. The van der Waals surface area contributed by atoms with E-state index in [1.54, 1.807) is 32.0 Å². The lowest BCUT2D eigenvalue weighted by Crippen LogP contribution is -2.46. The fraction of sp³-hybridized carbons (Fsp3) is 0.375. The summed E-state index contributed by atoms with van der Waals surface area (Å²) in [4.78, 5) is 31.9. The minimum Gasteiger partial charge on any atom is -0.480 e. The normalized spacial score (nSPS) is 12.2. The third-order valence-electron chi connectivity index (χ3n) is 3.55. The number of carbonyl (C=O) groups excluding carboxylic acids is 1. The number of nitrogens with zero attached hydrogens (tertiary/aromatic N) is 2. The monoisotopic (exact) mass is 316 g/mol. The molecule has 1 unspecified atom stereocenters. The van der Waals surface area contributed by atoms with Crippen molar-refractivity contribution in [3.63, 3.8) is 0 Å². The number of carbonyl (C=O) groups is 2. The third-order valence-corrected chi connectivity index (χ3v) is 3.55. The van der Waals surface area contributed by atoms with Gasteiger partial charge >= 0.3 is 12.0 Å². The molecule has 0 aliphatic heterocycles. The highest BCUT2D eigenvalue weighted by molar-refractivity contribution is 5.94.